The number of ether oxygens (including phenoxy) is 1. The lowest BCUT2D eigenvalue weighted by molar-refractivity contribution is -0.385. The summed E-state index contributed by atoms with van der Waals surface area (Å²) in [4.78, 5) is 34.7. The van der Waals surface area contributed by atoms with Gasteiger partial charge >= 0.3 is 5.69 Å². The van der Waals surface area contributed by atoms with Gasteiger partial charge in [0.15, 0.2) is 5.75 Å². The van der Waals surface area contributed by atoms with E-state index in [4.69, 9.17) is 4.74 Å². The van der Waals surface area contributed by atoms with Crippen LogP contribution in [0.15, 0.2) is 42.5 Å². The second-order valence-corrected chi connectivity index (χ2v) is 5.83. The second kappa shape index (κ2) is 9.33. The Kier molecular flexibility index (Phi) is 6.87. The number of benzene rings is 2. The van der Waals surface area contributed by atoms with E-state index in [1.54, 1.807) is 24.3 Å². The molecule has 0 heterocycles. The van der Waals surface area contributed by atoms with E-state index in [9.17, 15) is 19.7 Å². The molecule has 0 atom stereocenters. The molecule has 2 rings (SSSR count). The first-order chi connectivity index (χ1) is 12.9. The third kappa shape index (κ3) is 5.53. The predicted molar refractivity (Wildman–Crippen MR) is 102 cm³/mol. The molecule has 142 valence electrons. The Morgan fingerprint density at radius 2 is 1.81 bits per heavy atom. The molecule has 0 aliphatic carbocycles. The highest BCUT2D eigenvalue weighted by atomic mass is 16.6. The van der Waals surface area contributed by atoms with Gasteiger partial charge in [0.05, 0.1) is 12.0 Å². The lowest BCUT2D eigenvalue weighted by Gasteiger charge is -2.09. The van der Waals surface area contributed by atoms with Crippen molar-refractivity contribution in [2.75, 3.05) is 17.7 Å². The molecule has 0 fully saturated rings. The van der Waals surface area contributed by atoms with E-state index in [-0.39, 0.29) is 22.9 Å². The Balaban J connectivity index is 2.12. The highest BCUT2D eigenvalue weighted by Gasteiger charge is 2.18. The quantitative estimate of drug-likeness (QED) is 0.538. The largest absolute Gasteiger partial charge is 0.490 e. The van der Waals surface area contributed by atoms with Gasteiger partial charge in [-0.1, -0.05) is 19.4 Å². The normalized spacial score (nSPS) is 10.1. The number of unbranched alkanes of at least 4 members (excludes halogenated alkanes) is 1. The number of nitrogens with zero attached hydrogens (tertiary/aromatic N) is 1. The summed E-state index contributed by atoms with van der Waals surface area (Å²) in [5, 5.41) is 16.5. The Morgan fingerprint density at radius 3 is 2.44 bits per heavy atom. The van der Waals surface area contributed by atoms with E-state index in [0.29, 0.717) is 17.8 Å². The summed E-state index contributed by atoms with van der Waals surface area (Å²) < 4.78 is 4.93. The summed E-state index contributed by atoms with van der Waals surface area (Å²) in [6.45, 7) is 2.01. The van der Waals surface area contributed by atoms with Crippen LogP contribution in [-0.2, 0) is 4.79 Å². The maximum Gasteiger partial charge on any atom is 0.311 e. The molecule has 0 radical (unpaired) electrons. The number of hydrogen-bond donors (Lipinski definition) is 2. The fraction of sp³-hybridized carbons (Fsp3) is 0.263. The molecular weight excluding hydrogens is 350 g/mol. The van der Waals surface area contributed by atoms with Crippen LogP contribution >= 0.6 is 0 Å². The van der Waals surface area contributed by atoms with E-state index in [0.717, 1.165) is 18.9 Å². The molecule has 0 saturated carbocycles. The molecule has 0 spiro atoms. The van der Waals surface area contributed by atoms with Gasteiger partial charge in [-0.15, -0.1) is 0 Å². The summed E-state index contributed by atoms with van der Waals surface area (Å²) in [6.07, 6.45) is 2.17. The number of carbonyl (C=O) groups is 2. The summed E-state index contributed by atoms with van der Waals surface area (Å²) in [5.74, 6) is -0.519. The van der Waals surface area contributed by atoms with Crippen LogP contribution in [0, 0.1) is 10.1 Å². The number of carbonyl (C=O) groups excluding carboxylic acids is 2. The smallest absolute Gasteiger partial charge is 0.311 e. The molecule has 27 heavy (non-hydrogen) atoms. The van der Waals surface area contributed by atoms with E-state index in [2.05, 4.69) is 10.6 Å². The Bertz CT molecular complexity index is 851. The van der Waals surface area contributed by atoms with Crippen LogP contribution in [0.1, 0.15) is 36.5 Å². The molecule has 8 nitrogen and oxygen atoms in total. The maximum absolute atomic E-state index is 12.4. The van der Waals surface area contributed by atoms with Crippen molar-refractivity contribution >= 4 is 28.9 Å². The number of nitro groups is 1. The highest BCUT2D eigenvalue weighted by molar-refractivity contribution is 6.05. The van der Waals surface area contributed by atoms with Crippen LogP contribution in [0.3, 0.4) is 0 Å². The fourth-order valence-corrected chi connectivity index (χ4v) is 2.41. The first-order valence-corrected chi connectivity index (χ1v) is 8.48. The number of anilines is 2. The third-order valence-corrected chi connectivity index (χ3v) is 3.80. The Hall–Kier alpha value is -3.42. The summed E-state index contributed by atoms with van der Waals surface area (Å²) in [7, 11) is 1.32. The van der Waals surface area contributed by atoms with Gasteiger partial charge in [-0.2, -0.15) is 0 Å². The van der Waals surface area contributed by atoms with E-state index in [1.807, 2.05) is 6.92 Å². The molecule has 0 aromatic heterocycles. The van der Waals surface area contributed by atoms with Gasteiger partial charge in [0.25, 0.3) is 5.91 Å². The average molecular weight is 371 g/mol. The topological polar surface area (TPSA) is 111 Å². The molecule has 0 aliphatic heterocycles. The van der Waals surface area contributed by atoms with Crippen LogP contribution < -0.4 is 15.4 Å². The average Bonchev–Trinajstić information content (AvgIpc) is 2.66. The van der Waals surface area contributed by atoms with Crippen molar-refractivity contribution in [3.05, 3.63) is 58.1 Å². The second-order valence-electron chi connectivity index (χ2n) is 5.83. The summed E-state index contributed by atoms with van der Waals surface area (Å²) >= 11 is 0. The maximum atomic E-state index is 12.4. The van der Waals surface area contributed by atoms with E-state index in [1.165, 1.54) is 19.2 Å². The molecule has 0 aliphatic rings. The van der Waals surface area contributed by atoms with Crippen molar-refractivity contribution in [1.29, 1.82) is 0 Å². The van der Waals surface area contributed by atoms with Gasteiger partial charge in [-0.05, 0) is 36.8 Å². The molecule has 0 bridgehead atoms. The SMILES string of the molecule is CCCCC(=O)Nc1cccc(NC(=O)c2ccc(OC)c([N+](=O)[O-])c2)c1. The molecule has 2 amide bonds. The minimum Gasteiger partial charge on any atom is -0.490 e. The molecule has 8 heteroatoms. The van der Waals surface area contributed by atoms with Gasteiger partial charge in [0.2, 0.25) is 5.91 Å². The zero-order chi connectivity index (χ0) is 19.8. The first kappa shape index (κ1) is 19.9. The number of methoxy groups -OCH3 is 1. The molecule has 0 saturated heterocycles. The van der Waals surface area contributed by atoms with Gasteiger partial charge in [0.1, 0.15) is 0 Å². The molecule has 2 N–H and O–H groups in total. The lowest BCUT2D eigenvalue weighted by atomic mass is 10.1. The first-order valence-electron chi connectivity index (χ1n) is 8.48. The molecule has 0 unspecified atom stereocenters. The summed E-state index contributed by atoms with van der Waals surface area (Å²) in [5.41, 5.74) is 0.864. The zero-order valence-corrected chi connectivity index (χ0v) is 15.2. The fourth-order valence-electron chi connectivity index (χ4n) is 2.41. The van der Waals surface area contributed by atoms with Crippen molar-refractivity contribution in [1.82, 2.24) is 0 Å². The van der Waals surface area contributed by atoms with E-state index < -0.39 is 10.8 Å². The highest BCUT2D eigenvalue weighted by Crippen LogP contribution is 2.28. The zero-order valence-electron chi connectivity index (χ0n) is 15.2. The van der Waals surface area contributed by atoms with Crippen LogP contribution in [0.25, 0.3) is 0 Å². The standard InChI is InChI=1S/C19H21N3O5/c1-3-4-8-18(23)20-14-6-5-7-15(12-14)21-19(24)13-9-10-17(27-2)16(11-13)22(25)26/h5-7,9-12H,3-4,8H2,1-2H3,(H,20,23)(H,21,24). The third-order valence-electron chi connectivity index (χ3n) is 3.80. The number of nitrogens with one attached hydrogen (secondary N) is 2. The van der Waals surface area contributed by atoms with Crippen LogP contribution in [-0.4, -0.2) is 23.8 Å². The Morgan fingerprint density at radius 1 is 1.11 bits per heavy atom. The van der Waals surface area contributed by atoms with Crippen LogP contribution in [0.2, 0.25) is 0 Å². The van der Waals surface area contributed by atoms with Crippen LogP contribution in [0.4, 0.5) is 17.1 Å². The van der Waals surface area contributed by atoms with Gasteiger partial charge < -0.3 is 15.4 Å². The van der Waals surface area contributed by atoms with E-state index >= 15 is 0 Å². The van der Waals surface area contributed by atoms with Gasteiger partial charge in [-0.25, -0.2) is 0 Å². The van der Waals surface area contributed by atoms with Crippen molar-refractivity contribution < 1.29 is 19.2 Å². The number of amides is 2. The predicted octanol–water partition coefficient (Wildman–Crippen LogP) is 3.98. The molecule has 2 aromatic rings. The molecular formula is C19H21N3O5. The molecule has 2 aromatic carbocycles. The monoisotopic (exact) mass is 371 g/mol. The minimum atomic E-state index is -0.609. The van der Waals surface area contributed by atoms with Crippen molar-refractivity contribution in [2.24, 2.45) is 0 Å². The summed E-state index contributed by atoms with van der Waals surface area (Å²) in [6, 6.07) is 10.7. The van der Waals surface area contributed by atoms with Crippen molar-refractivity contribution in [2.45, 2.75) is 26.2 Å². The van der Waals surface area contributed by atoms with Crippen LogP contribution in [0.5, 0.6) is 5.75 Å². The number of hydrogen-bond acceptors (Lipinski definition) is 5. The number of nitro benzene ring substituents is 1. The Labute approximate surface area is 156 Å². The lowest BCUT2D eigenvalue weighted by Crippen LogP contribution is -2.14. The number of rotatable bonds is 8. The van der Waals surface area contributed by atoms with Crippen molar-refractivity contribution in [3.8, 4) is 5.75 Å². The van der Waals surface area contributed by atoms with Gasteiger partial charge in [-0.3, -0.25) is 19.7 Å². The van der Waals surface area contributed by atoms with Crippen molar-refractivity contribution in [3.63, 3.8) is 0 Å². The minimum absolute atomic E-state index is 0.0772. The van der Waals surface area contributed by atoms with Gasteiger partial charge in [0, 0.05) is 29.4 Å².